The van der Waals surface area contributed by atoms with Gasteiger partial charge in [-0.3, -0.25) is 4.90 Å². The molecule has 0 N–H and O–H groups in total. The van der Waals surface area contributed by atoms with E-state index in [1.54, 1.807) is 0 Å². The van der Waals surface area contributed by atoms with Crippen LogP contribution in [0.1, 0.15) is 20.3 Å². The van der Waals surface area contributed by atoms with Gasteiger partial charge in [-0.2, -0.15) is 5.26 Å². The third-order valence-electron chi connectivity index (χ3n) is 2.19. The van der Waals surface area contributed by atoms with E-state index in [0.29, 0.717) is 0 Å². The topological polar surface area (TPSA) is 30.3 Å². The molecule has 0 aliphatic heterocycles. The van der Waals surface area contributed by atoms with Gasteiger partial charge in [0, 0.05) is 6.54 Å². The van der Waals surface area contributed by atoms with E-state index in [2.05, 4.69) is 36.9 Å². The van der Waals surface area contributed by atoms with Crippen LogP contribution >= 0.6 is 0 Å². The summed E-state index contributed by atoms with van der Waals surface area (Å²) < 4.78 is 0. The lowest BCUT2D eigenvalue weighted by atomic mass is 10.2. The van der Waals surface area contributed by atoms with Gasteiger partial charge in [-0.15, -0.1) is 0 Å². The van der Waals surface area contributed by atoms with Gasteiger partial charge in [-0.05, 0) is 40.5 Å². The molecule has 13 heavy (non-hydrogen) atoms. The molecule has 0 amide bonds. The summed E-state index contributed by atoms with van der Waals surface area (Å²) in [4.78, 5) is 4.37. The summed E-state index contributed by atoms with van der Waals surface area (Å²) in [6.45, 7) is 7.13. The summed E-state index contributed by atoms with van der Waals surface area (Å²) in [6.07, 6.45) is 1.13. The smallest absolute Gasteiger partial charge is 0.0949 e. The molecule has 1 unspecified atom stereocenters. The molecule has 0 saturated heterocycles. The van der Waals surface area contributed by atoms with Crippen LogP contribution < -0.4 is 0 Å². The first kappa shape index (κ1) is 12.4. The van der Waals surface area contributed by atoms with E-state index in [1.165, 1.54) is 0 Å². The van der Waals surface area contributed by atoms with Crippen molar-refractivity contribution in [2.24, 2.45) is 0 Å². The lowest BCUT2D eigenvalue weighted by molar-refractivity contribution is 0.242. The Morgan fingerprint density at radius 3 is 2.31 bits per heavy atom. The molecule has 1 atom stereocenters. The fourth-order valence-electron chi connectivity index (χ4n) is 1.30. The second kappa shape index (κ2) is 6.88. The summed E-state index contributed by atoms with van der Waals surface area (Å²) in [7, 11) is 4.15. The van der Waals surface area contributed by atoms with E-state index >= 15 is 0 Å². The van der Waals surface area contributed by atoms with Crippen LogP contribution in [0.4, 0.5) is 0 Å². The molecule has 0 aliphatic carbocycles. The van der Waals surface area contributed by atoms with Crippen molar-refractivity contribution in [1.29, 1.82) is 5.26 Å². The molecule has 0 heterocycles. The lowest BCUT2D eigenvalue weighted by Gasteiger charge is -2.23. The number of nitriles is 1. The molecule has 0 spiro atoms. The van der Waals surface area contributed by atoms with Crippen LogP contribution in [0.15, 0.2) is 0 Å². The van der Waals surface area contributed by atoms with Crippen LogP contribution in [0.5, 0.6) is 0 Å². The average molecular weight is 183 g/mol. The van der Waals surface area contributed by atoms with Crippen molar-refractivity contribution in [3.8, 4) is 6.07 Å². The highest BCUT2D eigenvalue weighted by Crippen LogP contribution is 1.98. The third kappa shape index (κ3) is 5.62. The van der Waals surface area contributed by atoms with Gasteiger partial charge in [0.1, 0.15) is 0 Å². The molecule has 0 radical (unpaired) electrons. The van der Waals surface area contributed by atoms with E-state index in [1.807, 2.05) is 6.92 Å². The molecule has 0 aromatic heterocycles. The average Bonchev–Trinajstić information content (AvgIpc) is 2.11. The van der Waals surface area contributed by atoms with Crippen LogP contribution in [0.2, 0.25) is 0 Å². The van der Waals surface area contributed by atoms with Gasteiger partial charge in [0.05, 0.1) is 12.1 Å². The molecule has 3 nitrogen and oxygen atoms in total. The van der Waals surface area contributed by atoms with Crippen molar-refractivity contribution in [1.82, 2.24) is 9.80 Å². The number of hydrogen-bond donors (Lipinski definition) is 0. The minimum absolute atomic E-state index is 0.0483. The maximum absolute atomic E-state index is 8.74. The van der Waals surface area contributed by atoms with Gasteiger partial charge in [0.2, 0.25) is 0 Å². The Morgan fingerprint density at radius 1 is 1.31 bits per heavy atom. The highest BCUT2D eigenvalue weighted by Gasteiger charge is 2.09. The maximum atomic E-state index is 8.74. The Balaban J connectivity index is 3.67. The minimum Gasteiger partial charge on any atom is -0.309 e. The first-order valence-corrected chi connectivity index (χ1v) is 4.90. The predicted molar refractivity (Wildman–Crippen MR) is 55.5 cm³/mol. The Hall–Kier alpha value is -0.590. The van der Waals surface area contributed by atoms with Crippen LogP contribution in [0, 0.1) is 11.3 Å². The fourth-order valence-corrected chi connectivity index (χ4v) is 1.30. The fraction of sp³-hybridized carbons (Fsp3) is 0.900. The van der Waals surface area contributed by atoms with Gasteiger partial charge in [0.15, 0.2) is 0 Å². The summed E-state index contributed by atoms with van der Waals surface area (Å²) >= 11 is 0. The van der Waals surface area contributed by atoms with Crippen LogP contribution in [0.3, 0.4) is 0 Å². The molecule has 0 saturated carbocycles. The normalized spacial score (nSPS) is 13.3. The number of rotatable bonds is 6. The zero-order chi connectivity index (χ0) is 10.3. The van der Waals surface area contributed by atoms with Crippen molar-refractivity contribution in [2.75, 3.05) is 33.7 Å². The van der Waals surface area contributed by atoms with E-state index in [4.69, 9.17) is 5.26 Å². The quantitative estimate of drug-likeness (QED) is 0.619. The molecule has 3 heteroatoms. The SMILES string of the molecule is CCN(CCCN(C)C)C(C)C#N. The van der Waals surface area contributed by atoms with Crippen LogP contribution in [-0.2, 0) is 0 Å². The molecule has 0 aromatic carbocycles. The zero-order valence-electron chi connectivity index (χ0n) is 9.25. The third-order valence-corrected chi connectivity index (χ3v) is 2.19. The van der Waals surface area contributed by atoms with Gasteiger partial charge in [-0.25, -0.2) is 0 Å². The summed E-state index contributed by atoms with van der Waals surface area (Å²) in [5, 5.41) is 8.74. The summed E-state index contributed by atoms with van der Waals surface area (Å²) in [5.41, 5.74) is 0. The summed E-state index contributed by atoms with van der Waals surface area (Å²) in [5.74, 6) is 0. The molecule has 0 aliphatic rings. The predicted octanol–water partition coefficient (Wildman–Crippen LogP) is 1.17. The molecule has 0 fully saturated rings. The van der Waals surface area contributed by atoms with E-state index in [-0.39, 0.29) is 6.04 Å². The molecular weight excluding hydrogens is 162 g/mol. The molecule has 0 bridgehead atoms. The van der Waals surface area contributed by atoms with Crippen LogP contribution in [0.25, 0.3) is 0 Å². The van der Waals surface area contributed by atoms with Gasteiger partial charge in [-0.1, -0.05) is 6.92 Å². The molecule has 0 rings (SSSR count). The van der Waals surface area contributed by atoms with E-state index in [9.17, 15) is 0 Å². The van der Waals surface area contributed by atoms with Crippen molar-refractivity contribution < 1.29 is 0 Å². The minimum atomic E-state index is 0.0483. The second-order valence-corrected chi connectivity index (χ2v) is 3.59. The largest absolute Gasteiger partial charge is 0.309 e. The van der Waals surface area contributed by atoms with Crippen molar-refractivity contribution in [3.05, 3.63) is 0 Å². The van der Waals surface area contributed by atoms with E-state index in [0.717, 1.165) is 26.1 Å². The number of hydrogen-bond acceptors (Lipinski definition) is 3. The van der Waals surface area contributed by atoms with Crippen molar-refractivity contribution >= 4 is 0 Å². The molecular formula is C10H21N3. The lowest BCUT2D eigenvalue weighted by Crippen LogP contribution is -2.34. The number of nitrogens with zero attached hydrogens (tertiary/aromatic N) is 3. The van der Waals surface area contributed by atoms with Crippen molar-refractivity contribution in [3.63, 3.8) is 0 Å². The maximum Gasteiger partial charge on any atom is 0.0949 e. The molecule has 0 aromatic rings. The van der Waals surface area contributed by atoms with Gasteiger partial charge < -0.3 is 4.90 Å². The highest BCUT2D eigenvalue weighted by atomic mass is 15.1. The first-order chi connectivity index (χ1) is 6.11. The zero-order valence-corrected chi connectivity index (χ0v) is 9.25. The van der Waals surface area contributed by atoms with Crippen molar-refractivity contribution in [2.45, 2.75) is 26.3 Å². The first-order valence-electron chi connectivity index (χ1n) is 4.90. The highest BCUT2D eigenvalue weighted by molar-refractivity contribution is 4.87. The van der Waals surface area contributed by atoms with Gasteiger partial charge in [0.25, 0.3) is 0 Å². The van der Waals surface area contributed by atoms with Gasteiger partial charge >= 0.3 is 0 Å². The monoisotopic (exact) mass is 183 g/mol. The molecule has 76 valence electrons. The Morgan fingerprint density at radius 2 is 1.92 bits per heavy atom. The second-order valence-electron chi connectivity index (χ2n) is 3.59. The summed E-state index contributed by atoms with van der Waals surface area (Å²) in [6, 6.07) is 2.31. The van der Waals surface area contributed by atoms with Crippen LogP contribution in [-0.4, -0.2) is 49.6 Å². The Labute approximate surface area is 81.9 Å². The van der Waals surface area contributed by atoms with E-state index < -0.39 is 0 Å². The standard InChI is InChI=1S/C10H21N3/c1-5-13(10(2)9-11)8-6-7-12(3)4/h10H,5-8H2,1-4H3. The Kier molecular flexibility index (Phi) is 6.56. The Bertz CT molecular complexity index is 160.